The summed E-state index contributed by atoms with van der Waals surface area (Å²) < 4.78 is 0. The summed E-state index contributed by atoms with van der Waals surface area (Å²) in [4.78, 5) is 20.8. The van der Waals surface area contributed by atoms with E-state index in [-0.39, 0.29) is 17.5 Å². The maximum absolute atomic E-state index is 10.6. The zero-order valence-electron chi connectivity index (χ0n) is 4.81. The molecule has 8 heavy (non-hydrogen) atoms. The van der Waals surface area contributed by atoms with Crippen LogP contribution in [0.1, 0.15) is 19.8 Å². The second-order valence-electron chi connectivity index (χ2n) is 2.19. The summed E-state index contributed by atoms with van der Waals surface area (Å²) in [6.45, 7) is 1.33. The molecule has 0 atom stereocenters. The molecule has 0 bridgehead atoms. The fourth-order valence-corrected chi connectivity index (χ4v) is 0.633. The fraction of sp³-hybridized carbons (Fsp3) is 0.667. The molecule has 0 spiro atoms. The van der Waals surface area contributed by atoms with Gasteiger partial charge in [-0.3, -0.25) is 9.59 Å². The van der Waals surface area contributed by atoms with Gasteiger partial charge in [0.2, 0.25) is 5.78 Å². The number of Topliss-reactive ketones (excluding diaryl/α,β-unsaturated/α-hetero) is 2. The second-order valence-corrected chi connectivity index (χ2v) is 2.19. The average molecular weight is 112 g/mol. The Labute approximate surface area is 47.9 Å². The minimum atomic E-state index is -0.285. The van der Waals surface area contributed by atoms with Gasteiger partial charge in [-0.25, -0.2) is 0 Å². The molecule has 1 saturated carbocycles. The lowest BCUT2D eigenvalue weighted by Crippen LogP contribution is -2.10. The zero-order chi connectivity index (χ0) is 6.15. The fourth-order valence-electron chi connectivity index (χ4n) is 0.633. The molecule has 0 aromatic carbocycles. The molecule has 2 heteroatoms. The Morgan fingerprint density at radius 2 is 1.88 bits per heavy atom. The monoisotopic (exact) mass is 112 g/mol. The largest absolute Gasteiger partial charge is 0.291 e. The summed E-state index contributed by atoms with van der Waals surface area (Å²) >= 11 is 0. The van der Waals surface area contributed by atoms with Crippen molar-refractivity contribution < 1.29 is 9.59 Å². The first-order valence-corrected chi connectivity index (χ1v) is 2.76. The molecular weight excluding hydrogens is 104 g/mol. The van der Waals surface area contributed by atoms with Crippen molar-refractivity contribution >= 4 is 11.6 Å². The molecule has 1 fully saturated rings. The van der Waals surface area contributed by atoms with Gasteiger partial charge in [-0.1, -0.05) is 0 Å². The van der Waals surface area contributed by atoms with Crippen LogP contribution in [0.5, 0.6) is 0 Å². The Morgan fingerprint density at radius 1 is 1.38 bits per heavy atom. The molecule has 0 N–H and O–H groups in total. The molecule has 0 saturated heterocycles. The van der Waals surface area contributed by atoms with Crippen LogP contribution in [0.4, 0.5) is 0 Å². The van der Waals surface area contributed by atoms with Gasteiger partial charge in [0, 0.05) is 12.8 Å². The predicted octanol–water partition coefficient (Wildman–Crippen LogP) is 0.554. The van der Waals surface area contributed by atoms with Crippen LogP contribution < -0.4 is 0 Å². The van der Waals surface area contributed by atoms with Crippen molar-refractivity contribution in [2.45, 2.75) is 19.8 Å². The Bertz CT molecular complexity index is 133. The third-order valence-corrected chi connectivity index (χ3v) is 1.30. The van der Waals surface area contributed by atoms with Gasteiger partial charge in [0.1, 0.15) is 0 Å². The molecule has 0 aromatic rings. The number of carbonyl (C=O) groups excluding carboxylic acids is 2. The summed E-state index contributed by atoms with van der Waals surface area (Å²) in [5.74, 6) is -0.356. The number of carbonyl (C=O) groups is 2. The number of ketones is 2. The molecule has 0 amide bonds. The van der Waals surface area contributed by atoms with Gasteiger partial charge >= 0.3 is 0 Å². The highest BCUT2D eigenvalue weighted by Crippen LogP contribution is 2.29. The Morgan fingerprint density at radius 3 is 2.00 bits per heavy atom. The maximum Gasteiger partial charge on any atom is 0.201 e. The third-order valence-electron chi connectivity index (χ3n) is 1.30. The minimum absolute atomic E-state index is 0.104. The summed E-state index contributed by atoms with van der Waals surface area (Å²) in [6, 6.07) is 0. The normalized spacial score (nSPS) is 18.1. The van der Waals surface area contributed by atoms with E-state index < -0.39 is 0 Å². The van der Waals surface area contributed by atoms with Crippen LogP contribution >= 0.6 is 0 Å². The molecule has 1 aliphatic carbocycles. The molecule has 1 rings (SSSR count). The van der Waals surface area contributed by atoms with Gasteiger partial charge < -0.3 is 0 Å². The van der Waals surface area contributed by atoms with Crippen molar-refractivity contribution in [1.29, 1.82) is 0 Å². The molecular formula is C6H8O2. The van der Waals surface area contributed by atoms with E-state index in [9.17, 15) is 9.59 Å². The number of hydrogen-bond donors (Lipinski definition) is 0. The third kappa shape index (κ3) is 0.941. The SMILES string of the molecule is CC(=O)C(=O)C1CC1. The highest BCUT2D eigenvalue weighted by Gasteiger charge is 2.31. The van der Waals surface area contributed by atoms with Gasteiger partial charge in [-0.05, 0) is 12.8 Å². The topological polar surface area (TPSA) is 34.1 Å². The van der Waals surface area contributed by atoms with Gasteiger partial charge in [-0.15, -0.1) is 0 Å². The van der Waals surface area contributed by atoms with Crippen LogP contribution in [-0.2, 0) is 9.59 Å². The standard InChI is InChI=1S/C6H8O2/c1-4(7)6(8)5-2-3-5/h5H,2-3H2,1H3. The number of rotatable bonds is 2. The van der Waals surface area contributed by atoms with Crippen LogP contribution in [0.25, 0.3) is 0 Å². The predicted molar refractivity (Wildman–Crippen MR) is 28.4 cm³/mol. The van der Waals surface area contributed by atoms with Crippen LogP contribution in [0.15, 0.2) is 0 Å². The minimum Gasteiger partial charge on any atom is -0.291 e. The summed E-state index contributed by atoms with van der Waals surface area (Å²) in [7, 11) is 0. The lowest BCUT2D eigenvalue weighted by molar-refractivity contribution is -0.136. The van der Waals surface area contributed by atoms with E-state index in [4.69, 9.17) is 0 Å². The summed E-state index contributed by atoms with van der Waals surface area (Å²) in [5.41, 5.74) is 0. The highest BCUT2D eigenvalue weighted by atomic mass is 16.2. The van der Waals surface area contributed by atoms with Gasteiger partial charge in [0.25, 0.3) is 0 Å². The van der Waals surface area contributed by atoms with Crippen molar-refractivity contribution in [1.82, 2.24) is 0 Å². The molecule has 44 valence electrons. The average Bonchev–Trinajstić information content (AvgIpc) is 2.43. The molecule has 0 radical (unpaired) electrons. The Kier molecular flexibility index (Phi) is 1.16. The van der Waals surface area contributed by atoms with E-state index in [1.54, 1.807) is 0 Å². The smallest absolute Gasteiger partial charge is 0.201 e. The van der Waals surface area contributed by atoms with Gasteiger partial charge in [-0.2, -0.15) is 0 Å². The quantitative estimate of drug-likeness (QED) is 0.489. The van der Waals surface area contributed by atoms with E-state index in [1.165, 1.54) is 6.92 Å². The Hall–Kier alpha value is -0.660. The van der Waals surface area contributed by atoms with E-state index >= 15 is 0 Å². The van der Waals surface area contributed by atoms with Crippen molar-refractivity contribution in [3.8, 4) is 0 Å². The molecule has 0 unspecified atom stereocenters. The lowest BCUT2D eigenvalue weighted by atomic mass is 10.2. The van der Waals surface area contributed by atoms with Gasteiger partial charge in [0.05, 0.1) is 0 Å². The van der Waals surface area contributed by atoms with Crippen LogP contribution in [0, 0.1) is 5.92 Å². The van der Waals surface area contributed by atoms with Crippen LogP contribution in [0.2, 0.25) is 0 Å². The zero-order valence-corrected chi connectivity index (χ0v) is 4.81. The first-order chi connectivity index (χ1) is 3.72. The number of hydrogen-bond acceptors (Lipinski definition) is 2. The molecule has 0 heterocycles. The molecule has 0 aromatic heterocycles. The van der Waals surface area contributed by atoms with Crippen molar-refractivity contribution in [3.05, 3.63) is 0 Å². The molecule has 1 aliphatic rings. The van der Waals surface area contributed by atoms with Crippen LogP contribution in [0.3, 0.4) is 0 Å². The first kappa shape index (κ1) is 5.48. The second kappa shape index (κ2) is 1.69. The van der Waals surface area contributed by atoms with E-state index in [0.29, 0.717) is 0 Å². The van der Waals surface area contributed by atoms with Crippen molar-refractivity contribution in [2.75, 3.05) is 0 Å². The maximum atomic E-state index is 10.6. The first-order valence-electron chi connectivity index (χ1n) is 2.76. The molecule has 0 aliphatic heterocycles. The van der Waals surface area contributed by atoms with E-state index in [1.807, 2.05) is 0 Å². The highest BCUT2D eigenvalue weighted by molar-refractivity contribution is 6.37. The lowest BCUT2D eigenvalue weighted by Gasteiger charge is -1.84. The van der Waals surface area contributed by atoms with E-state index in [0.717, 1.165) is 12.8 Å². The summed E-state index contributed by atoms with van der Waals surface area (Å²) in [6.07, 6.45) is 1.86. The van der Waals surface area contributed by atoms with Crippen LogP contribution in [-0.4, -0.2) is 11.6 Å². The van der Waals surface area contributed by atoms with Gasteiger partial charge in [0.15, 0.2) is 5.78 Å². The Balaban J connectivity index is 2.45. The van der Waals surface area contributed by atoms with E-state index in [2.05, 4.69) is 0 Å². The summed E-state index contributed by atoms with van der Waals surface area (Å²) in [5, 5.41) is 0. The molecule has 2 nitrogen and oxygen atoms in total. The van der Waals surface area contributed by atoms with Crippen molar-refractivity contribution in [2.24, 2.45) is 5.92 Å². The van der Waals surface area contributed by atoms with Crippen molar-refractivity contribution in [3.63, 3.8) is 0 Å².